The van der Waals surface area contributed by atoms with Crippen molar-refractivity contribution in [3.8, 4) is 5.75 Å². The van der Waals surface area contributed by atoms with Crippen LogP contribution in [0.5, 0.6) is 5.75 Å². The Kier molecular flexibility index (Phi) is 6.56. The molecule has 1 fully saturated rings. The standard InChI is InChI=1S/C18H29N3O/c1-4-22-17-12-14(2)7-10-16(17)13-21-18(19-3)20-11-5-6-15-8-9-15/h7,10,12,15H,4-6,8-9,11,13H2,1-3H3,(H2,19,20,21). The topological polar surface area (TPSA) is 45.6 Å². The molecule has 0 aliphatic heterocycles. The molecule has 0 heterocycles. The Morgan fingerprint density at radius 3 is 2.82 bits per heavy atom. The summed E-state index contributed by atoms with van der Waals surface area (Å²) in [4.78, 5) is 4.28. The van der Waals surface area contributed by atoms with Crippen molar-refractivity contribution in [2.75, 3.05) is 20.2 Å². The second kappa shape index (κ2) is 8.66. The molecule has 0 radical (unpaired) electrons. The minimum Gasteiger partial charge on any atom is -0.494 e. The van der Waals surface area contributed by atoms with Gasteiger partial charge in [-0.05, 0) is 44.2 Å². The molecule has 0 amide bonds. The van der Waals surface area contributed by atoms with Gasteiger partial charge in [0.15, 0.2) is 5.96 Å². The second-order valence-corrected chi connectivity index (χ2v) is 5.98. The Labute approximate surface area is 134 Å². The lowest BCUT2D eigenvalue weighted by Crippen LogP contribution is -2.37. The van der Waals surface area contributed by atoms with E-state index >= 15 is 0 Å². The Morgan fingerprint density at radius 1 is 1.32 bits per heavy atom. The zero-order chi connectivity index (χ0) is 15.8. The molecular weight excluding hydrogens is 274 g/mol. The average Bonchev–Trinajstić information content (AvgIpc) is 3.33. The number of nitrogens with zero attached hydrogens (tertiary/aromatic N) is 1. The van der Waals surface area contributed by atoms with Crippen LogP contribution in [-0.2, 0) is 6.54 Å². The third-order valence-electron chi connectivity index (χ3n) is 3.97. The molecule has 2 rings (SSSR count). The predicted octanol–water partition coefficient (Wildman–Crippen LogP) is 3.25. The van der Waals surface area contributed by atoms with E-state index in [0.29, 0.717) is 6.61 Å². The monoisotopic (exact) mass is 303 g/mol. The first-order valence-electron chi connectivity index (χ1n) is 8.39. The van der Waals surface area contributed by atoms with Crippen molar-refractivity contribution in [3.63, 3.8) is 0 Å². The van der Waals surface area contributed by atoms with Crippen molar-refractivity contribution in [2.24, 2.45) is 10.9 Å². The van der Waals surface area contributed by atoms with Gasteiger partial charge in [0.1, 0.15) is 5.75 Å². The van der Waals surface area contributed by atoms with Crippen LogP contribution < -0.4 is 15.4 Å². The summed E-state index contributed by atoms with van der Waals surface area (Å²) in [6.07, 6.45) is 5.43. The Morgan fingerprint density at radius 2 is 2.14 bits per heavy atom. The van der Waals surface area contributed by atoms with E-state index in [1.165, 1.54) is 31.2 Å². The fourth-order valence-corrected chi connectivity index (χ4v) is 2.50. The summed E-state index contributed by atoms with van der Waals surface area (Å²) in [5.41, 5.74) is 2.38. The number of benzene rings is 1. The molecule has 0 saturated heterocycles. The van der Waals surface area contributed by atoms with Crippen LogP contribution in [0.15, 0.2) is 23.2 Å². The van der Waals surface area contributed by atoms with Gasteiger partial charge in [-0.1, -0.05) is 25.0 Å². The smallest absolute Gasteiger partial charge is 0.191 e. The van der Waals surface area contributed by atoms with Crippen molar-refractivity contribution >= 4 is 5.96 Å². The number of rotatable bonds is 8. The fraction of sp³-hybridized carbons (Fsp3) is 0.611. The van der Waals surface area contributed by atoms with Gasteiger partial charge in [0.25, 0.3) is 0 Å². The number of hydrogen-bond acceptors (Lipinski definition) is 2. The van der Waals surface area contributed by atoms with Crippen LogP contribution in [0.2, 0.25) is 0 Å². The normalized spacial score (nSPS) is 14.8. The summed E-state index contributed by atoms with van der Waals surface area (Å²) >= 11 is 0. The number of hydrogen-bond donors (Lipinski definition) is 2. The van der Waals surface area contributed by atoms with Gasteiger partial charge >= 0.3 is 0 Å². The highest BCUT2D eigenvalue weighted by Crippen LogP contribution is 2.33. The van der Waals surface area contributed by atoms with Crippen LogP contribution in [0, 0.1) is 12.8 Å². The summed E-state index contributed by atoms with van der Waals surface area (Å²) in [5.74, 6) is 2.82. The van der Waals surface area contributed by atoms with E-state index in [1.54, 1.807) is 0 Å². The number of nitrogens with one attached hydrogen (secondary N) is 2. The number of aliphatic imine (C=N–C) groups is 1. The molecule has 0 spiro atoms. The van der Waals surface area contributed by atoms with E-state index in [0.717, 1.165) is 36.3 Å². The van der Waals surface area contributed by atoms with Crippen molar-refractivity contribution in [1.29, 1.82) is 0 Å². The molecule has 1 aliphatic carbocycles. The molecule has 4 nitrogen and oxygen atoms in total. The molecule has 0 aromatic heterocycles. The van der Waals surface area contributed by atoms with E-state index in [4.69, 9.17) is 4.74 Å². The summed E-state index contributed by atoms with van der Waals surface area (Å²) in [6, 6.07) is 6.32. The molecule has 1 aliphatic rings. The molecule has 4 heteroatoms. The van der Waals surface area contributed by atoms with Crippen LogP contribution in [0.4, 0.5) is 0 Å². The van der Waals surface area contributed by atoms with E-state index in [1.807, 2.05) is 14.0 Å². The minimum absolute atomic E-state index is 0.685. The average molecular weight is 303 g/mol. The van der Waals surface area contributed by atoms with Gasteiger partial charge in [-0.25, -0.2) is 0 Å². The summed E-state index contributed by atoms with van der Waals surface area (Å²) in [6.45, 7) is 6.49. The zero-order valence-electron chi connectivity index (χ0n) is 14.1. The van der Waals surface area contributed by atoms with Crippen LogP contribution in [0.25, 0.3) is 0 Å². The molecule has 0 bridgehead atoms. The first kappa shape index (κ1) is 16.7. The summed E-state index contributed by atoms with van der Waals surface area (Å²) in [5, 5.41) is 6.75. The van der Waals surface area contributed by atoms with Crippen LogP contribution in [0.1, 0.15) is 43.7 Å². The lowest BCUT2D eigenvalue weighted by molar-refractivity contribution is 0.336. The van der Waals surface area contributed by atoms with Crippen LogP contribution in [-0.4, -0.2) is 26.2 Å². The lowest BCUT2D eigenvalue weighted by atomic mass is 10.1. The second-order valence-electron chi connectivity index (χ2n) is 5.98. The van der Waals surface area contributed by atoms with Crippen LogP contribution in [0.3, 0.4) is 0 Å². The fourth-order valence-electron chi connectivity index (χ4n) is 2.50. The molecule has 22 heavy (non-hydrogen) atoms. The lowest BCUT2D eigenvalue weighted by Gasteiger charge is -2.15. The van der Waals surface area contributed by atoms with E-state index in [9.17, 15) is 0 Å². The first-order chi connectivity index (χ1) is 10.7. The molecule has 0 unspecified atom stereocenters. The third-order valence-corrected chi connectivity index (χ3v) is 3.97. The van der Waals surface area contributed by atoms with Gasteiger partial charge in [-0.2, -0.15) is 0 Å². The van der Waals surface area contributed by atoms with Gasteiger partial charge < -0.3 is 15.4 Å². The first-order valence-corrected chi connectivity index (χ1v) is 8.39. The highest BCUT2D eigenvalue weighted by atomic mass is 16.5. The maximum Gasteiger partial charge on any atom is 0.191 e. The van der Waals surface area contributed by atoms with Crippen molar-refractivity contribution < 1.29 is 4.74 Å². The number of guanidine groups is 1. The molecule has 1 saturated carbocycles. The van der Waals surface area contributed by atoms with Gasteiger partial charge in [0, 0.05) is 25.7 Å². The maximum absolute atomic E-state index is 5.72. The largest absolute Gasteiger partial charge is 0.494 e. The zero-order valence-corrected chi connectivity index (χ0v) is 14.1. The molecule has 2 N–H and O–H groups in total. The summed E-state index contributed by atoms with van der Waals surface area (Å²) < 4.78 is 5.72. The van der Waals surface area contributed by atoms with Crippen molar-refractivity contribution in [1.82, 2.24) is 10.6 Å². The molecule has 122 valence electrons. The van der Waals surface area contributed by atoms with E-state index in [-0.39, 0.29) is 0 Å². The van der Waals surface area contributed by atoms with Crippen molar-refractivity contribution in [3.05, 3.63) is 29.3 Å². The molecular formula is C18H29N3O. The van der Waals surface area contributed by atoms with Gasteiger partial charge in [-0.3, -0.25) is 4.99 Å². The quantitative estimate of drug-likeness (QED) is 0.440. The van der Waals surface area contributed by atoms with Gasteiger partial charge in [0.2, 0.25) is 0 Å². The Hall–Kier alpha value is -1.71. The highest BCUT2D eigenvalue weighted by Gasteiger charge is 2.19. The highest BCUT2D eigenvalue weighted by molar-refractivity contribution is 5.79. The SMILES string of the molecule is CCOc1cc(C)ccc1CNC(=NC)NCCCC1CC1. The number of ether oxygens (including phenoxy) is 1. The van der Waals surface area contributed by atoms with Gasteiger partial charge in [-0.15, -0.1) is 0 Å². The summed E-state index contributed by atoms with van der Waals surface area (Å²) in [7, 11) is 1.81. The van der Waals surface area contributed by atoms with Crippen molar-refractivity contribution in [2.45, 2.75) is 46.1 Å². The molecule has 1 aromatic rings. The Balaban J connectivity index is 1.78. The molecule has 0 atom stereocenters. The van der Waals surface area contributed by atoms with Gasteiger partial charge in [0.05, 0.1) is 6.61 Å². The van der Waals surface area contributed by atoms with E-state index in [2.05, 4.69) is 40.7 Å². The minimum atomic E-state index is 0.685. The Bertz CT molecular complexity index is 495. The predicted molar refractivity (Wildman–Crippen MR) is 92.5 cm³/mol. The third kappa shape index (κ3) is 5.58. The van der Waals surface area contributed by atoms with E-state index < -0.39 is 0 Å². The maximum atomic E-state index is 5.72. The van der Waals surface area contributed by atoms with Crippen LogP contribution >= 0.6 is 0 Å². The molecule has 1 aromatic carbocycles. The number of aryl methyl sites for hydroxylation is 1.